The van der Waals surface area contributed by atoms with Crippen LogP contribution in [0.1, 0.15) is 106 Å². The number of carbonyl (C=O) groups is 3. The van der Waals surface area contributed by atoms with Gasteiger partial charge in [-0.1, -0.05) is 60.3 Å². The second kappa shape index (κ2) is 21.9. The molecule has 10 nitrogen and oxygen atoms in total. The van der Waals surface area contributed by atoms with Crippen LogP contribution in [0.25, 0.3) is 0 Å². The van der Waals surface area contributed by atoms with E-state index >= 15 is 0 Å². The summed E-state index contributed by atoms with van der Waals surface area (Å²) in [5, 5.41) is 5.38. The molecule has 0 aromatic rings. The standard InChI is InChI=1S/C28H54N2O8S.Na/c1-8-12-14-22(10-3)18-38-27(33)24(16-21(5)25(31)29-20-37-15-13-9-2)17-23(11-4)26(32)30-28(6,7)19-39(34,35)36;/h21-24H,8-20H2,1-7H3,(H,29,31)(H,30,32)(H,34,35,36);/q;+1/p-1. The van der Waals surface area contributed by atoms with Crippen molar-refractivity contribution in [3.63, 3.8) is 0 Å². The van der Waals surface area contributed by atoms with Gasteiger partial charge in [-0.25, -0.2) is 8.42 Å². The van der Waals surface area contributed by atoms with Crippen LogP contribution in [0.5, 0.6) is 0 Å². The molecule has 0 rings (SSSR count). The molecule has 0 saturated carbocycles. The number of unbranched alkanes of at least 4 members (excludes halogenated alkanes) is 2. The second-order valence-corrected chi connectivity index (χ2v) is 12.6. The van der Waals surface area contributed by atoms with Gasteiger partial charge in [-0.15, -0.1) is 0 Å². The minimum atomic E-state index is -4.55. The third-order valence-electron chi connectivity index (χ3n) is 6.85. The van der Waals surface area contributed by atoms with Gasteiger partial charge in [-0.3, -0.25) is 14.4 Å². The van der Waals surface area contributed by atoms with Crippen LogP contribution in [0.3, 0.4) is 0 Å². The van der Waals surface area contributed by atoms with E-state index in [4.69, 9.17) is 9.47 Å². The van der Waals surface area contributed by atoms with E-state index in [0.29, 0.717) is 13.0 Å². The Bertz CT molecular complexity index is 838. The fourth-order valence-electron chi connectivity index (χ4n) is 4.37. The predicted molar refractivity (Wildman–Crippen MR) is 151 cm³/mol. The maximum atomic E-state index is 13.2. The summed E-state index contributed by atoms with van der Waals surface area (Å²) in [5.74, 6) is -3.52. The topological polar surface area (TPSA) is 151 Å². The summed E-state index contributed by atoms with van der Waals surface area (Å²) in [6.45, 7) is 13.6. The molecule has 4 atom stereocenters. The van der Waals surface area contributed by atoms with Crippen LogP contribution < -0.4 is 40.2 Å². The van der Waals surface area contributed by atoms with Gasteiger partial charge in [0, 0.05) is 24.0 Å². The molecule has 0 aliphatic rings. The summed E-state index contributed by atoms with van der Waals surface area (Å²) in [4.78, 5) is 39.0. The molecule has 0 aliphatic carbocycles. The van der Waals surface area contributed by atoms with E-state index in [0.717, 1.165) is 38.5 Å². The van der Waals surface area contributed by atoms with Gasteiger partial charge >= 0.3 is 35.5 Å². The van der Waals surface area contributed by atoms with Gasteiger partial charge in [0.05, 0.1) is 28.4 Å². The fourth-order valence-corrected chi connectivity index (χ4v) is 5.33. The van der Waals surface area contributed by atoms with Crippen molar-refractivity contribution in [2.75, 3.05) is 25.7 Å². The molecular formula is C28H53N2NaO8S. The number of hydrogen-bond acceptors (Lipinski definition) is 8. The van der Waals surface area contributed by atoms with Crippen molar-refractivity contribution in [1.82, 2.24) is 10.6 Å². The Morgan fingerprint density at radius 3 is 2.08 bits per heavy atom. The van der Waals surface area contributed by atoms with Crippen molar-refractivity contribution in [2.24, 2.45) is 23.7 Å². The Kier molecular flexibility index (Phi) is 22.7. The molecule has 2 amide bonds. The second-order valence-electron chi connectivity index (χ2n) is 11.2. The fraction of sp³-hybridized carbons (Fsp3) is 0.893. The molecular weight excluding hydrogens is 547 g/mol. The average Bonchev–Trinajstić information content (AvgIpc) is 2.84. The predicted octanol–water partition coefficient (Wildman–Crippen LogP) is 1.14. The van der Waals surface area contributed by atoms with E-state index < -0.39 is 51.0 Å². The van der Waals surface area contributed by atoms with Gasteiger partial charge in [0.15, 0.2) is 0 Å². The Morgan fingerprint density at radius 2 is 1.55 bits per heavy atom. The molecule has 0 aromatic carbocycles. The summed E-state index contributed by atoms with van der Waals surface area (Å²) in [5.41, 5.74) is -1.26. The van der Waals surface area contributed by atoms with Crippen LogP contribution >= 0.6 is 0 Å². The van der Waals surface area contributed by atoms with E-state index in [9.17, 15) is 27.4 Å². The molecule has 12 heteroatoms. The molecule has 0 fully saturated rings. The van der Waals surface area contributed by atoms with Gasteiger partial charge < -0.3 is 24.7 Å². The summed E-state index contributed by atoms with van der Waals surface area (Å²) in [6.07, 6.45) is 6.53. The van der Waals surface area contributed by atoms with Gasteiger partial charge in [-0.2, -0.15) is 0 Å². The first-order valence-electron chi connectivity index (χ1n) is 14.5. The van der Waals surface area contributed by atoms with Gasteiger partial charge in [0.2, 0.25) is 11.8 Å². The van der Waals surface area contributed by atoms with Crippen molar-refractivity contribution in [2.45, 2.75) is 112 Å². The van der Waals surface area contributed by atoms with Crippen LogP contribution in [0.15, 0.2) is 0 Å². The van der Waals surface area contributed by atoms with Crippen LogP contribution in [0.4, 0.5) is 0 Å². The van der Waals surface area contributed by atoms with E-state index in [1.807, 2.05) is 6.92 Å². The normalized spacial score (nSPS) is 14.8. The summed E-state index contributed by atoms with van der Waals surface area (Å²) < 4.78 is 44.9. The minimum Gasteiger partial charge on any atom is -0.748 e. The first-order chi connectivity index (χ1) is 18.2. The Balaban J connectivity index is 0. The molecule has 0 bridgehead atoms. The van der Waals surface area contributed by atoms with E-state index in [1.165, 1.54) is 13.8 Å². The zero-order valence-electron chi connectivity index (χ0n) is 26.2. The first kappa shape index (κ1) is 41.4. The maximum absolute atomic E-state index is 13.2. The van der Waals surface area contributed by atoms with Crippen molar-refractivity contribution in [1.29, 1.82) is 0 Å². The van der Waals surface area contributed by atoms with Crippen molar-refractivity contribution in [3.05, 3.63) is 0 Å². The largest absolute Gasteiger partial charge is 1.00 e. The van der Waals surface area contributed by atoms with Crippen LogP contribution in [-0.4, -0.2) is 62.0 Å². The monoisotopic (exact) mass is 600 g/mol. The molecule has 40 heavy (non-hydrogen) atoms. The van der Waals surface area contributed by atoms with Crippen LogP contribution in [-0.2, 0) is 34.0 Å². The average molecular weight is 601 g/mol. The molecule has 0 heterocycles. The van der Waals surface area contributed by atoms with Crippen molar-refractivity contribution < 1.29 is 66.4 Å². The summed E-state index contributed by atoms with van der Waals surface area (Å²) in [6, 6.07) is 0. The van der Waals surface area contributed by atoms with Crippen LogP contribution in [0, 0.1) is 23.7 Å². The number of esters is 1. The van der Waals surface area contributed by atoms with Crippen molar-refractivity contribution in [3.8, 4) is 0 Å². The molecule has 0 aromatic heterocycles. The van der Waals surface area contributed by atoms with Gasteiger partial charge in [0.1, 0.15) is 6.73 Å². The Morgan fingerprint density at radius 1 is 0.925 bits per heavy atom. The molecule has 2 N–H and O–H groups in total. The zero-order valence-corrected chi connectivity index (χ0v) is 29.0. The number of rotatable bonds is 22. The van der Waals surface area contributed by atoms with Gasteiger partial charge in [-0.05, 0) is 51.9 Å². The minimum absolute atomic E-state index is 0. The number of ether oxygens (including phenoxy) is 2. The smallest absolute Gasteiger partial charge is 0.748 e. The third kappa shape index (κ3) is 19.4. The molecule has 4 unspecified atom stereocenters. The molecule has 0 saturated heterocycles. The Labute approximate surface area is 264 Å². The quantitative estimate of drug-likeness (QED) is 0.0617. The number of hydrogen-bond donors (Lipinski definition) is 2. The van der Waals surface area contributed by atoms with Crippen LogP contribution in [0.2, 0.25) is 0 Å². The number of carbonyl (C=O) groups excluding carboxylic acids is 3. The van der Waals surface area contributed by atoms with E-state index in [1.54, 1.807) is 13.8 Å². The van der Waals surface area contributed by atoms with E-state index in [2.05, 4.69) is 24.5 Å². The molecule has 0 radical (unpaired) electrons. The first-order valence-corrected chi connectivity index (χ1v) is 16.0. The molecule has 0 spiro atoms. The maximum Gasteiger partial charge on any atom is 1.00 e. The zero-order chi connectivity index (χ0) is 30.1. The summed E-state index contributed by atoms with van der Waals surface area (Å²) in [7, 11) is -4.55. The Hall–Kier alpha value is -0.720. The summed E-state index contributed by atoms with van der Waals surface area (Å²) >= 11 is 0. The van der Waals surface area contributed by atoms with E-state index in [-0.39, 0.29) is 67.6 Å². The van der Waals surface area contributed by atoms with Gasteiger partial charge in [0.25, 0.3) is 0 Å². The molecule has 230 valence electrons. The number of amides is 2. The number of nitrogens with one attached hydrogen (secondary N) is 2. The third-order valence-corrected chi connectivity index (χ3v) is 7.92. The van der Waals surface area contributed by atoms with Crippen molar-refractivity contribution >= 4 is 27.9 Å². The SMILES string of the molecule is CCCCOCNC(=O)C(C)CC(CC(CC)C(=O)NC(C)(C)CS(=O)(=O)[O-])C(=O)OCC(CC)CCCC.[Na+]. The molecule has 0 aliphatic heterocycles.